The zero-order valence-electron chi connectivity index (χ0n) is 24.4. The standard InChI is InChI=1S/C29H32FN3O6.C2H6/c1-5-38-24-15-19(14-23(37-4)26(24)20-6-9-22(30)10-7-20)17-32(3)13-12-29(2)18-33(28(36)39-29)25-11-8-21(16-31-25)27(34)35;1-2/h6-11,14-16H,5,12-13,17-18H2,1-4H3,(H,34,35);1-2H3. The molecule has 220 valence electrons. The molecule has 0 saturated carbocycles. The number of rotatable bonds is 11. The fourth-order valence-corrected chi connectivity index (χ4v) is 4.56. The van der Waals surface area contributed by atoms with E-state index in [2.05, 4.69) is 9.88 Å². The molecule has 1 N–H and O–H groups in total. The van der Waals surface area contributed by atoms with E-state index in [1.807, 2.05) is 46.9 Å². The monoisotopic (exact) mass is 567 g/mol. The van der Waals surface area contributed by atoms with Crippen LogP contribution in [-0.4, -0.2) is 66.5 Å². The number of nitrogens with zero attached hydrogens (tertiary/aromatic N) is 3. The predicted octanol–water partition coefficient (Wildman–Crippen LogP) is 6.26. The van der Waals surface area contributed by atoms with Crippen LogP contribution in [0.15, 0.2) is 54.7 Å². The van der Waals surface area contributed by atoms with E-state index < -0.39 is 17.7 Å². The highest BCUT2D eigenvalue weighted by Gasteiger charge is 2.42. The molecule has 1 aliphatic rings. The van der Waals surface area contributed by atoms with Crippen LogP contribution in [0, 0.1) is 5.82 Å². The first kappa shape index (κ1) is 31.3. The van der Waals surface area contributed by atoms with Gasteiger partial charge in [-0.25, -0.2) is 19.0 Å². The highest BCUT2D eigenvalue weighted by atomic mass is 19.1. The highest BCUT2D eigenvalue weighted by molar-refractivity contribution is 5.91. The quantitative estimate of drug-likeness (QED) is 0.290. The largest absolute Gasteiger partial charge is 0.496 e. The number of aromatic nitrogens is 1. The van der Waals surface area contributed by atoms with Gasteiger partial charge < -0.3 is 24.2 Å². The van der Waals surface area contributed by atoms with Crippen LogP contribution in [0.5, 0.6) is 11.5 Å². The van der Waals surface area contributed by atoms with Crippen molar-refractivity contribution in [1.82, 2.24) is 9.88 Å². The summed E-state index contributed by atoms with van der Waals surface area (Å²) in [5, 5.41) is 9.07. The van der Waals surface area contributed by atoms with Crippen LogP contribution in [0.2, 0.25) is 0 Å². The lowest BCUT2D eigenvalue weighted by Crippen LogP contribution is -2.35. The summed E-state index contributed by atoms with van der Waals surface area (Å²) in [6.07, 6.45) is 1.28. The number of pyridine rings is 1. The number of carbonyl (C=O) groups excluding carboxylic acids is 1. The van der Waals surface area contributed by atoms with E-state index in [0.717, 1.165) is 16.7 Å². The molecule has 1 fully saturated rings. The van der Waals surface area contributed by atoms with Crippen molar-refractivity contribution in [3.8, 4) is 22.6 Å². The van der Waals surface area contributed by atoms with Crippen molar-refractivity contribution in [1.29, 1.82) is 0 Å². The molecule has 0 bridgehead atoms. The van der Waals surface area contributed by atoms with Gasteiger partial charge in [-0.05, 0) is 68.4 Å². The molecule has 0 aliphatic carbocycles. The van der Waals surface area contributed by atoms with Crippen LogP contribution in [-0.2, 0) is 11.3 Å². The summed E-state index contributed by atoms with van der Waals surface area (Å²) in [5.74, 6) is 0.234. The Morgan fingerprint density at radius 2 is 1.85 bits per heavy atom. The molecule has 3 aromatic rings. The Kier molecular flexibility index (Phi) is 10.7. The number of carboxylic acids is 1. The second-order valence-corrected chi connectivity index (χ2v) is 9.71. The van der Waals surface area contributed by atoms with Gasteiger partial charge in [-0.3, -0.25) is 4.90 Å². The maximum absolute atomic E-state index is 13.5. The van der Waals surface area contributed by atoms with E-state index in [-0.39, 0.29) is 11.4 Å². The van der Waals surface area contributed by atoms with E-state index in [4.69, 9.17) is 19.3 Å². The minimum Gasteiger partial charge on any atom is -0.496 e. The third kappa shape index (κ3) is 7.73. The second kappa shape index (κ2) is 13.9. The third-order valence-electron chi connectivity index (χ3n) is 6.57. The summed E-state index contributed by atoms with van der Waals surface area (Å²) in [6, 6.07) is 13.0. The van der Waals surface area contributed by atoms with Gasteiger partial charge in [0.05, 0.1) is 31.4 Å². The number of ether oxygens (including phenoxy) is 3. The molecule has 0 radical (unpaired) electrons. The smallest absolute Gasteiger partial charge is 0.416 e. The fourth-order valence-electron chi connectivity index (χ4n) is 4.56. The lowest BCUT2D eigenvalue weighted by molar-refractivity contribution is 0.0567. The van der Waals surface area contributed by atoms with Crippen LogP contribution in [0.25, 0.3) is 11.1 Å². The zero-order valence-corrected chi connectivity index (χ0v) is 24.4. The van der Waals surface area contributed by atoms with Crippen molar-refractivity contribution in [2.24, 2.45) is 0 Å². The number of methoxy groups -OCH3 is 1. The Morgan fingerprint density at radius 1 is 1.17 bits per heavy atom. The van der Waals surface area contributed by atoms with Crippen LogP contribution in [0.4, 0.5) is 15.0 Å². The average molecular weight is 568 g/mol. The molecular formula is C31H38FN3O6. The minimum atomic E-state index is -1.08. The molecule has 41 heavy (non-hydrogen) atoms. The molecule has 1 aliphatic heterocycles. The zero-order chi connectivity index (χ0) is 30.2. The maximum Gasteiger partial charge on any atom is 0.416 e. The summed E-state index contributed by atoms with van der Waals surface area (Å²) >= 11 is 0. The Morgan fingerprint density at radius 3 is 2.44 bits per heavy atom. The number of anilines is 1. The molecule has 1 unspecified atom stereocenters. The van der Waals surface area contributed by atoms with Crippen LogP contribution in [0.1, 0.15) is 50.0 Å². The minimum absolute atomic E-state index is 0.0468. The lowest BCUT2D eigenvalue weighted by Gasteiger charge is -2.26. The second-order valence-electron chi connectivity index (χ2n) is 9.71. The molecular weight excluding hydrogens is 529 g/mol. The molecule has 1 amide bonds. The molecule has 1 aromatic heterocycles. The number of cyclic esters (lactones) is 1. The molecule has 0 spiro atoms. The van der Waals surface area contributed by atoms with Crippen molar-refractivity contribution in [2.75, 3.05) is 38.8 Å². The SMILES string of the molecule is CC.CCOc1cc(CN(C)CCC2(C)CN(c3ccc(C(=O)O)cn3)C(=O)O2)cc(OC)c1-c1ccc(F)cc1. The van der Waals surface area contributed by atoms with Gasteiger partial charge in [0, 0.05) is 25.7 Å². The van der Waals surface area contributed by atoms with E-state index in [9.17, 15) is 14.0 Å². The van der Waals surface area contributed by atoms with Crippen LogP contribution in [0.3, 0.4) is 0 Å². The molecule has 1 saturated heterocycles. The topological polar surface area (TPSA) is 101 Å². The van der Waals surface area contributed by atoms with Crippen molar-refractivity contribution < 1.29 is 33.3 Å². The summed E-state index contributed by atoms with van der Waals surface area (Å²) < 4.78 is 30.8. The molecule has 9 nitrogen and oxygen atoms in total. The molecule has 1 atom stereocenters. The molecule has 10 heteroatoms. The van der Waals surface area contributed by atoms with E-state index >= 15 is 0 Å². The van der Waals surface area contributed by atoms with Gasteiger partial charge in [0.15, 0.2) is 0 Å². The maximum atomic E-state index is 13.5. The number of halogens is 1. The van der Waals surface area contributed by atoms with Crippen molar-refractivity contribution >= 4 is 17.9 Å². The highest BCUT2D eigenvalue weighted by Crippen LogP contribution is 2.40. The first-order valence-electron chi connectivity index (χ1n) is 13.6. The third-order valence-corrected chi connectivity index (χ3v) is 6.57. The number of benzene rings is 2. The van der Waals surface area contributed by atoms with Crippen LogP contribution < -0.4 is 14.4 Å². The van der Waals surface area contributed by atoms with Crippen molar-refractivity contribution in [3.63, 3.8) is 0 Å². The summed E-state index contributed by atoms with van der Waals surface area (Å²) in [7, 11) is 3.57. The normalized spacial score (nSPS) is 16.2. The van der Waals surface area contributed by atoms with Gasteiger partial charge >= 0.3 is 12.1 Å². The number of carbonyl (C=O) groups is 2. The molecule has 2 heterocycles. The predicted molar refractivity (Wildman–Crippen MR) is 155 cm³/mol. The first-order valence-corrected chi connectivity index (χ1v) is 13.6. The Bertz CT molecular complexity index is 1330. The summed E-state index contributed by atoms with van der Waals surface area (Å²) in [5.41, 5.74) is 1.84. The van der Waals surface area contributed by atoms with Gasteiger partial charge in [0.25, 0.3) is 0 Å². The summed E-state index contributed by atoms with van der Waals surface area (Å²) in [6.45, 7) is 9.76. The number of hydrogen-bond donors (Lipinski definition) is 1. The number of carboxylic acid groups (broad SMARTS) is 1. The fraction of sp³-hybridized carbons (Fsp3) is 0.387. The molecule has 2 aromatic carbocycles. The summed E-state index contributed by atoms with van der Waals surface area (Å²) in [4.78, 5) is 31.3. The number of hydrogen-bond acceptors (Lipinski definition) is 7. The Balaban J connectivity index is 0.00000226. The Labute approximate surface area is 240 Å². The van der Waals surface area contributed by atoms with E-state index in [0.29, 0.717) is 50.0 Å². The number of aromatic carboxylic acids is 1. The van der Waals surface area contributed by atoms with Crippen molar-refractivity contribution in [2.45, 2.75) is 46.3 Å². The van der Waals surface area contributed by atoms with E-state index in [1.54, 1.807) is 19.2 Å². The van der Waals surface area contributed by atoms with Gasteiger partial charge in [-0.2, -0.15) is 0 Å². The Hall–Kier alpha value is -4.18. The number of amides is 1. The van der Waals surface area contributed by atoms with Gasteiger partial charge in [-0.1, -0.05) is 26.0 Å². The van der Waals surface area contributed by atoms with E-state index in [1.165, 1.54) is 35.4 Å². The van der Waals surface area contributed by atoms with Crippen LogP contribution >= 0.6 is 0 Å². The van der Waals surface area contributed by atoms with Crippen molar-refractivity contribution in [3.05, 3.63) is 71.7 Å². The lowest BCUT2D eigenvalue weighted by atomic mass is 10.00. The van der Waals surface area contributed by atoms with Gasteiger partial charge in [0.1, 0.15) is 28.7 Å². The van der Waals surface area contributed by atoms with Gasteiger partial charge in [-0.15, -0.1) is 0 Å². The average Bonchev–Trinajstić information content (AvgIpc) is 3.27. The van der Waals surface area contributed by atoms with Gasteiger partial charge in [0.2, 0.25) is 0 Å². The first-order chi connectivity index (χ1) is 19.6. The molecule has 4 rings (SSSR count).